The van der Waals surface area contributed by atoms with Crippen molar-refractivity contribution >= 4 is 32.7 Å². The normalized spacial score (nSPS) is 13.8. The van der Waals surface area contributed by atoms with E-state index in [-0.39, 0.29) is 0 Å². The van der Waals surface area contributed by atoms with Crippen LogP contribution in [0.15, 0.2) is 42.6 Å². The lowest BCUT2D eigenvalue weighted by atomic mass is 9.85. The van der Waals surface area contributed by atoms with E-state index < -0.39 is 0 Å². The summed E-state index contributed by atoms with van der Waals surface area (Å²) in [5, 5.41) is 19.9. The van der Waals surface area contributed by atoms with E-state index in [1.165, 1.54) is 29.4 Å². The van der Waals surface area contributed by atoms with E-state index in [0.29, 0.717) is 5.69 Å². The first-order valence-electron chi connectivity index (χ1n) is 9.62. The summed E-state index contributed by atoms with van der Waals surface area (Å²) in [5.41, 5.74) is 8.62. The maximum absolute atomic E-state index is 9.31. The van der Waals surface area contributed by atoms with Crippen molar-refractivity contribution in [3.8, 4) is 17.3 Å². The molecule has 0 atom stereocenters. The Balaban J connectivity index is 1.70. The van der Waals surface area contributed by atoms with Gasteiger partial charge in [-0.15, -0.1) is 0 Å². The van der Waals surface area contributed by atoms with E-state index in [4.69, 9.17) is 4.98 Å². The van der Waals surface area contributed by atoms with Crippen molar-refractivity contribution in [1.82, 2.24) is 20.2 Å². The van der Waals surface area contributed by atoms with Crippen molar-refractivity contribution < 1.29 is 0 Å². The highest BCUT2D eigenvalue weighted by atomic mass is 15.1. The zero-order valence-corrected chi connectivity index (χ0v) is 15.2. The minimum Gasteiger partial charge on any atom is -0.346 e. The lowest BCUT2D eigenvalue weighted by Gasteiger charge is -2.22. The van der Waals surface area contributed by atoms with Crippen molar-refractivity contribution in [1.29, 1.82) is 5.26 Å². The maximum Gasteiger partial charge on any atom is 0.118 e. The van der Waals surface area contributed by atoms with E-state index in [2.05, 4.69) is 45.5 Å². The molecule has 1 aliphatic carbocycles. The molecule has 3 heterocycles. The van der Waals surface area contributed by atoms with E-state index in [0.717, 1.165) is 51.4 Å². The Morgan fingerprint density at radius 3 is 2.71 bits per heavy atom. The SMILES string of the molecule is N#Cc1cc2c(ccc3nc(-c4ccc5[nH]ncc5c4)c4c(c32)CCCC4)[nH]1. The zero-order chi connectivity index (χ0) is 18.7. The van der Waals surface area contributed by atoms with Crippen LogP contribution >= 0.6 is 0 Å². The number of hydrogen-bond donors (Lipinski definition) is 2. The second-order valence-electron chi connectivity index (χ2n) is 7.51. The number of pyridine rings is 1. The van der Waals surface area contributed by atoms with Crippen LogP contribution in [-0.2, 0) is 12.8 Å². The second kappa shape index (κ2) is 5.67. The number of benzene rings is 2. The van der Waals surface area contributed by atoms with Crippen LogP contribution in [-0.4, -0.2) is 20.2 Å². The standard InChI is InChI=1S/C23H17N5/c24-11-15-10-18-20(26-15)7-8-21-22(18)16-3-1-2-4-17(16)23(27-21)13-5-6-19-14(9-13)12-25-28-19/h5-10,12,26H,1-4H2,(H,25,28). The van der Waals surface area contributed by atoms with E-state index in [1.807, 2.05) is 18.3 Å². The quantitative estimate of drug-likeness (QED) is 0.439. The summed E-state index contributed by atoms with van der Waals surface area (Å²) in [6.07, 6.45) is 6.34. The smallest absolute Gasteiger partial charge is 0.118 e. The third-order valence-corrected chi connectivity index (χ3v) is 5.90. The van der Waals surface area contributed by atoms with Crippen LogP contribution in [0.3, 0.4) is 0 Å². The predicted octanol–water partition coefficient (Wildman–Crippen LogP) is 5.01. The summed E-state index contributed by atoms with van der Waals surface area (Å²) >= 11 is 0. The molecular formula is C23H17N5. The molecule has 134 valence electrons. The highest BCUT2D eigenvalue weighted by Crippen LogP contribution is 2.38. The molecule has 0 unspecified atom stereocenters. The number of hydrogen-bond acceptors (Lipinski definition) is 3. The molecule has 2 aromatic carbocycles. The molecule has 0 amide bonds. The summed E-state index contributed by atoms with van der Waals surface area (Å²) in [5.74, 6) is 0. The molecule has 2 N–H and O–H groups in total. The summed E-state index contributed by atoms with van der Waals surface area (Å²) in [6.45, 7) is 0. The van der Waals surface area contributed by atoms with Crippen molar-refractivity contribution in [2.24, 2.45) is 0 Å². The number of H-pyrrole nitrogens is 2. The van der Waals surface area contributed by atoms with Gasteiger partial charge in [0.2, 0.25) is 0 Å². The molecule has 5 nitrogen and oxygen atoms in total. The molecule has 0 bridgehead atoms. The number of nitrogens with one attached hydrogen (secondary N) is 2. The van der Waals surface area contributed by atoms with Gasteiger partial charge in [0.05, 0.1) is 22.9 Å². The average Bonchev–Trinajstić information content (AvgIpc) is 3.38. The summed E-state index contributed by atoms with van der Waals surface area (Å²) in [7, 11) is 0. The highest BCUT2D eigenvalue weighted by molar-refractivity contribution is 6.09. The monoisotopic (exact) mass is 363 g/mol. The molecule has 0 spiro atoms. The Bertz CT molecular complexity index is 1430. The molecule has 6 rings (SSSR count). The first-order valence-corrected chi connectivity index (χ1v) is 9.62. The molecule has 5 aromatic rings. The fourth-order valence-electron chi connectivity index (χ4n) is 4.62. The number of aromatic nitrogens is 4. The Hall–Kier alpha value is -3.65. The van der Waals surface area contributed by atoms with Gasteiger partial charge in [-0.3, -0.25) is 5.10 Å². The van der Waals surface area contributed by atoms with E-state index in [1.54, 1.807) is 0 Å². The lowest BCUT2D eigenvalue weighted by Crippen LogP contribution is -2.07. The Labute approximate surface area is 161 Å². The Morgan fingerprint density at radius 2 is 1.82 bits per heavy atom. The van der Waals surface area contributed by atoms with Crippen LogP contribution in [0.2, 0.25) is 0 Å². The van der Waals surface area contributed by atoms with Crippen molar-refractivity contribution in [2.75, 3.05) is 0 Å². The number of nitriles is 1. The number of nitrogens with zero attached hydrogens (tertiary/aromatic N) is 3. The number of aromatic amines is 2. The van der Waals surface area contributed by atoms with Crippen LogP contribution in [0.25, 0.3) is 44.0 Å². The summed E-state index contributed by atoms with van der Waals surface area (Å²) in [4.78, 5) is 8.32. The fourth-order valence-corrected chi connectivity index (χ4v) is 4.62. The molecule has 3 aromatic heterocycles. The molecule has 0 saturated carbocycles. The van der Waals surface area contributed by atoms with Gasteiger partial charge in [-0.1, -0.05) is 6.07 Å². The van der Waals surface area contributed by atoms with Gasteiger partial charge in [0, 0.05) is 27.2 Å². The average molecular weight is 363 g/mol. The number of rotatable bonds is 1. The maximum atomic E-state index is 9.31. The first-order chi connectivity index (χ1) is 13.8. The van der Waals surface area contributed by atoms with Crippen LogP contribution in [0.5, 0.6) is 0 Å². The zero-order valence-electron chi connectivity index (χ0n) is 15.2. The van der Waals surface area contributed by atoms with Crippen LogP contribution in [0, 0.1) is 11.3 Å². The largest absolute Gasteiger partial charge is 0.346 e. The minimum absolute atomic E-state index is 0.599. The van der Waals surface area contributed by atoms with Gasteiger partial charge in [0.25, 0.3) is 0 Å². The van der Waals surface area contributed by atoms with Crippen LogP contribution in [0.4, 0.5) is 0 Å². The van der Waals surface area contributed by atoms with Gasteiger partial charge in [0.15, 0.2) is 0 Å². The number of aryl methyl sites for hydroxylation is 1. The fraction of sp³-hybridized carbons (Fsp3) is 0.174. The third-order valence-electron chi connectivity index (χ3n) is 5.90. The Kier molecular flexibility index (Phi) is 3.12. The molecule has 1 aliphatic rings. The van der Waals surface area contributed by atoms with E-state index in [9.17, 15) is 5.26 Å². The summed E-state index contributed by atoms with van der Waals surface area (Å²) < 4.78 is 0. The Morgan fingerprint density at radius 1 is 0.964 bits per heavy atom. The van der Waals surface area contributed by atoms with Crippen molar-refractivity contribution in [2.45, 2.75) is 25.7 Å². The van der Waals surface area contributed by atoms with Gasteiger partial charge in [-0.05, 0) is 67.1 Å². The second-order valence-corrected chi connectivity index (χ2v) is 7.51. The third kappa shape index (κ3) is 2.12. The van der Waals surface area contributed by atoms with Gasteiger partial charge in [-0.2, -0.15) is 10.4 Å². The molecule has 28 heavy (non-hydrogen) atoms. The van der Waals surface area contributed by atoms with Crippen molar-refractivity contribution in [3.63, 3.8) is 0 Å². The predicted molar refractivity (Wildman–Crippen MR) is 110 cm³/mol. The lowest BCUT2D eigenvalue weighted by molar-refractivity contribution is 0.689. The molecule has 0 radical (unpaired) electrons. The molecule has 0 fully saturated rings. The van der Waals surface area contributed by atoms with Gasteiger partial charge in [0.1, 0.15) is 11.8 Å². The molecule has 0 aliphatic heterocycles. The molecule has 5 heteroatoms. The van der Waals surface area contributed by atoms with E-state index >= 15 is 0 Å². The van der Waals surface area contributed by atoms with Gasteiger partial charge in [-0.25, -0.2) is 4.98 Å². The van der Waals surface area contributed by atoms with Crippen LogP contribution in [0.1, 0.15) is 29.7 Å². The molecular weight excluding hydrogens is 346 g/mol. The minimum atomic E-state index is 0.599. The van der Waals surface area contributed by atoms with Gasteiger partial charge < -0.3 is 4.98 Å². The molecule has 0 saturated heterocycles. The number of fused-ring (bicyclic) bond motifs is 6. The van der Waals surface area contributed by atoms with Crippen molar-refractivity contribution in [3.05, 3.63) is 59.4 Å². The van der Waals surface area contributed by atoms with Gasteiger partial charge >= 0.3 is 0 Å². The summed E-state index contributed by atoms with van der Waals surface area (Å²) in [6, 6.07) is 14.7. The van der Waals surface area contributed by atoms with Crippen LogP contribution < -0.4 is 0 Å². The topological polar surface area (TPSA) is 81.2 Å². The highest BCUT2D eigenvalue weighted by Gasteiger charge is 2.21. The first kappa shape index (κ1) is 15.4.